The molecule has 0 unspecified atom stereocenters. The molecule has 0 saturated carbocycles. The van der Waals surface area contributed by atoms with Crippen LogP contribution in [-0.4, -0.2) is 60.4 Å². The Morgan fingerprint density at radius 1 is 0.538 bits per heavy atom. The Morgan fingerprint density at radius 2 is 1.05 bits per heavy atom. The summed E-state index contributed by atoms with van der Waals surface area (Å²) in [6, 6.07) is 0. The summed E-state index contributed by atoms with van der Waals surface area (Å²) < 4.78 is 1.13. The van der Waals surface area contributed by atoms with Crippen molar-refractivity contribution in [3.63, 3.8) is 0 Å². The quantitative estimate of drug-likeness (QED) is 0.0861. The normalized spacial score (nSPS) is 11.9. The zero-order chi connectivity index (χ0) is 29.0. The van der Waals surface area contributed by atoms with Gasteiger partial charge in [-0.05, 0) is 26.7 Å². The molecular weight excluding hydrogens is 512 g/mol. The highest BCUT2D eigenvalue weighted by molar-refractivity contribution is 6.22. The summed E-state index contributed by atoms with van der Waals surface area (Å²) in [5.74, 6) is -7.91. The molecule has 0 aliphatic rings. The number of phenolic OH excluding ortho intramolecular Hbond substituents is 9. The van der Waals surface area contributed by atoms with Crippen molar-refractivity contribution in [3.8, 4) is 68.9 Å². The SMILES string of the molecule is Cc1c(O)c(O)c(O)c(C)c1-c1c(O)nc2c3c(C(C)C)c(O)c(O)c(O)c3c3c(O)c(C)c(O)c(O)c3n12. The molecule has 0 atom stereocenters. The van der Waals surface area contributed by atoms with Crippen LogP contribution in [0.4, 0.5) is 0 Å². The molecule has 0 aliphatic carbocycles. The highest BCUT2D eigenvalue weighted by Gasteiger charge is 2.33. The zero-order valence-corrected chi connectivity index (χ0v) is 21.4. The van der Waals surface area contributed by atoms with E-state index in [9.17, 15) is 51.1 Å². The van der Waals surface area contributed by atoms with Crippen molar-refractivity contribution in [2.45, 2.75) is 40.5 Å². The van der Waals surface area contributed by atoms with Crippen LogP contribution in [0.15, 0.2) is 0 Å². The molecule has 204 valence electrons. The van der Waals surface area contributed by atoms with E-state index in [1.54, 1.807) is 13.8 Å². The smallest absolute Gasteiger partial charge is 0.238 e. The van der Waals surface area contributed by atoms with Gasteiger partial charge in [-0.3, -0.25) is 4.40 Å². The number of aromatic hydroxyl groups is 10. The van der Waals surface area contributed by atoms with E-state index in [4.69, 9.17) is 0 Å². The average Bonchev–Trinajstić information content (AvgIpc) is 3.22. The van der Waals surface area contributed by atoms with Gasteiger partial charge in [-0.15, -0.1) is 0 Å². The molecule has 0 amide bonds. The summed E-state index contributed by atoms with van der Waals surface area (Å²) in [5, 5.41) is 107. The van der Waals surface area contributed by atoms with Crippen LogP contribution in [0.25, 0.3) is 38.6 Å². The van der Waals surface area contributed by atoms with Crippen LogP contribution in [-0.2, 0) is 0 Å². The maximum Gasteiger partial charge on any atom is 0.238 e. The lowest BCUT2D eigenvalue weighted by Crippen LogP contribution is -2.02. The van der Waals surface area contributed by atoms with E-state index >= 15 is 0 Å². The fraction of sp³-hybridized carbons (Fsp3) is 0.222. The molecular formula is C27H26N2O10. The first-order chi connectivity index (χ1) is 18.1. The fourth-order valence-corrected chi connectivity index (χ4v) is 5.40. The van der Waals surface area contributed by atoms with Crippen LogP contribution in [0, 0.1) is 20.8 Å². The minimum atomic E-state index is -0.891. The van der Waals surface area contributed by atoms with Gasteiger partial charge in [0.25, 0.3) is 0 Å². The van der Waals surface area contributed by atoms with Crippen molar-refractivity contribution in [2.24, 2.45) is 0 Å². The molecule has 10 N–H and O–H groups in total. The Hall–Kier alpha value is -5.13. The maximum absolute atomic E-state index is 11.2. The number of imidazole rings is 1. The Kier molecular flexibility index (Phi) is 5.19. The minimum absolute atomic E-state index is 0.00540. The number of aromatic nitrogens is 2. The Bertz CT molecular complexity index is 1890. The number of nitrogens with zero attached hydrogens (tertiary/aromatic N) is 2. The van der Waals surface area contributed by atoms with Gasteiger partial charge in [-0.25, -0.2) is 0 Å². The van der Waals surface area contributed by atoms with Crippen LogP contribution in [0.2, 0.25) is 0 Å². The summed E-state index contributed by atoms with van der Waals surface area (Å²) in [6.07, 6.45) is 0. The highest BCUT2D eigenvalue weighted by Crippen LogP contribution is 2.57. The number of rotatable bonds is 2. The summed E-state index contributed by atoms with van der Waals surface area (Å²) in [7, 11) is 0. The first-order valence-corrected chi connectivity index (χ1v) is 11.8. The Labute approximate surface area is 219 Å². The second-order valence-electron chi connectivity index (χ2n) is 9.87. The second kappa shape index (κ2) is 7.93. The van der Waals surface area contributed by atoms with Gasteiger partial charge in [0.15, 0.2) is 40.1 Å². The number of benzene rings is 3. The van der Waals surface area contributed by atoms with E-state index in [1.807, 2.05) is 0 Å². The van der Waals surface area contributed by atoms with Gasteiger partial charge in [0.05, 0.1) is 5.39 Å². The Balaban J connectivity index is 2.27. The van der Waals surface area contributed by atoms with Crippen LogP contribution in [0.5, 0.6) is 57.6 Å². The van der Waals surface area contributed by atoms with Gasteiger partial charge in [-0.2, -0.15) is 4.98 Å². The van der Waals surface area contributed by atoms with Crippen molar-refractivity contribution in [1.82, 2.24) is 9.38 Å². The number of hydrogen-bond donors (Lipinski definition) is 10. The number of fused-ring (bicyclic) bond motifs is 6. The monoisotopic (exact) mass is 538 g/mol. The topological polar surface area (TPSA) is 220 Å². The van der Waals surface area contributed by atoms with Gasteiger partial charge in [0, 0.05) is 38.6 Å². The fourth-order valence-electron chi connectivity index (χ4n) is 5.40. The molecule has 5 rings (SSSR count). The van der Waals surface area contributed by atoms with Crippen molar-refractivity contribution in [3.05, 3.63) is 22.3 Å². The standard InChI is InChI=1S/C27H26N2O10/c1-6(2)10-13-12(22(35)25(38)21(10)34)14-15(23(36)20(33)9(5)17(14)30)29-16(27(39)28-26(13)29)11-7(3)18(31)24(37)19(32)8(11)4/h6,30-39H,1-5H3. The molecule has 5 aromatic rings. The molecule has 12 heteroatoms. The van der Waals surface area contributed by atoms with Gasteiger partial charge >= 0.3 is 0 Å². The summed E-state index contributed by atoms with van der Waals surface area (Å²) in [6.45, 7) is 7.45. The van der Waals surface area contributed by atoms with Gasteiger partial charge in [0.2, 0.25) is 17.4 Å². The van der Waals surface area contributed by atoms with E-state index in [0.717, 1.165) is 4.40 Å². The largest absolute Gasteiger partial charge is 0.507 e. The van der Waals surface area contributed by atoms with E-state index < -0.39 is 63.5 Å². The Morgan fingerprint density at radius 3 is 1.59 bits per heavy atom. The number of hydrogen-bond acceptors (Lipinski definition) is 11. The molecule has 0 fully saturated rings. The second-order valence-corrected chi connectivity index (χ2v) is 9.87. The number of pyridine rings is 1. The highest BCUT2D eigenvalue weighted by atomic mass is 16.3. The van der Waals surface area contributed by atoms with Crippen molar-refractivity contribution >= 4 is 27.3 Å². The van der Waals surface area contributed by atoms with Gasteiger partial charge < -0.3 is 51.1 Å². The first kappa shape index (κ1) is 25.5. The maximum atomic E-state index is 11.2. The molecule has 0 bridgehead atoms. The third-order valence-electron chi connectivity index (χ3n) is 7.37. The predicted molar refractivity (Wildman–Crippen MR) is 141 cm³/mol. The van der Waals surface area contributed by atoms with E-state index in [1.165, 1.54) is 20.8 Å². The van der Waals surface area contributed by atoms with E-state index in [0.29, 0.717) is 0 Å². The van der Waals surface area contributed by atoms with Crippen LogP contribution in [0.1, 0.15) is 42.0 Å². The number of phenols is 9. The summed E-state index contributed by atoms with van der Waals surface area (Å²) in [5.41, 5.74) is -0.842. The molecule has 2 heterocycles. The molecule has 0 radical (unpaired) electrons. The molecule has 0 aliphatic heterocycles. The van der Waals surface area contributed by atoms with Crippen molar-refractivity contribution in [1.29, 1.82) is 0 Å². The van der Waals surface area contributed by atoms with Gasteiger partial charge in [0.1, 0.15) is 17.0 Å². The first-order valence-electron chi connectivity index (χ1n) is 11.8. The molecule has 0 spiro atoms. The molecule has 3 aromatic carbocycles. The molecule has 12 nitrogen and oxygen atoms in total. The lowest BCUT2D eigenvalue weighted by molar-refractivity contribution is 0.364. The molecule has 0 saturated heterocycles. The molecule has 2 aromatic heterocycles. The summed E-state index contributed by atoms with van der Waals surface area (Å²) >= 11 is 0. The third-order valence-corrected chi connectivity index (χ3v) is 7.37. The summed E-state index contributed by atoms with van der Waals surface area (Å²) in [4.78, 5) is 4.22. The van der Waals surface area contributed by atoms with Crippen molar-refractivity contribution in [2.75, 3.05) is 0 Å². The molecule has 39 heavy (non-hydrogen) atoms. The van der Waals surface area contributed by atoms with E-state index in [-0.39, 0.29) is 60.8 Å². The van der Waals surface area contributed by atoms with Crippen LogP contribution < -0.4 is 0 Å². The zero-order valence-electron chi connectivity index (χ0n) is 21.4. The van der Waals surface area contributed by atoms with Gasteiger partial charge in [-0.1, -0.05) is 13.8 Å². The van der Waals surface area contributed by atoms with Crippen molar-refractivity contribution < 1.29 is 51.1 Å². The average molecular weight is 539 g/mol. The lowest BCUT2D eigenvalue weighted by Gasteiger charge is -2.21. The third kappa shape index (κ3) is 2.96. The van der Waals surface area contributed by atoms with Crippen LogP contribution >= 0.6 is 0 Å². The lowest BCUT2D eigenvalue weighted by atomic mass is 9.91. The predicted octanol–water partition coefficient (Wildman–Crippen LogP) is 4.41. The van der Waals surface area contributed by atoms with E-state index in [2.05, 4.69) is 4.98 Å². The van der Waals surface area contributed by atoms with Crippen LogP contribution in [0.3, 0.4) is 0 Å². The minimum Gasteiger partial charge on any atom is -0.507 e.